The van der Waals surface area contributed by atoms with Gasteiger partial charge in [0.25, 0.3) is 0 Å². The zero-order valence-corrected chi connectivity index (χ0v) is 20.6. The molecule has 3 aliphatic rings. The number of allylic oxidation sites excluding steroid dienone is 1. The van der Waals surface area contributed by atoms with Crippen molar-refractivity contribution >= 4 is 11.9 Å². The summed E-state index contributed by atoms with van der Waals surface area (Å²) in [5, 5.41) is 0. The number of fused-ring (bicyclic) bond motifs is 2. The highest BCUT2D eigenvalue weighted by molar-refractivity contribution is 5.72. The van der Waals surface area contributed by atoms with Crippen molar-refractivity contribution in [2.45, 2.75) is 104 Å². The summed E-state index contributed by atoms with van der Waals surface area (Å²) in [4.78, 5) is 24.6. The lowest BCUT2D eigenvalue weighted by molar-refractivity contribution is -0.197. The first-order valence-corrected chi connectivity index (χ1v) is 12.1. The van der Waals surface area contributed by atoms with Gasteiger partial charge in [0.15, 0.2) is 0 Å². The third kappa shape index (κ3) is 4.19. The van der Waals surface area contributed by atoms with Crippen molar-refractivity contribution in [2.75, 3.05) is 13.7 Å². The normalized spacial score (nSPS) is 37.6. The molecule has 0 aromatic heterocycles. The molecule has 0 unspecified atom stereocenters. The Bertz CT molecular complexity index is 740. The Morgan fingerprint density at radius 3 is 2.52 bits per heavy atom. The van der Waals surface area contributed by atoms with Crippen LogP contribution in [0.15, 0.2) is 11.6 Å². The SMILES string of the molecule is CC[C@@H](C)C(=O)OCC1=CC[C@H]2C(C)(C)CCC[C@]2(C)[C@@]12CC[C@](C)(CC(=O)OC)O2. The molecule has 5 nitrogen and oxygen atoms in total. The maximum absolute atomic E-state index is 12.4. The Balaban J connectivity index is 1.97. The molecule has 1 saturated heterocycles. The molecule has 2 fully saturated rings. The molecule has 1 saturated carbocycles. The molecule has 0 N–H and O–H groups in total. The Hall–Kier alpha value is -1.36. The molecule has 3 rings (SSSR count). The molecule has 0 aromatic rings. The van der Waals surface area contributed by atoms with Gasteiger partial charge in [-0.05, 0) is 62.4 Å². The van der Waals surface area contributed by atoms with Crippen molar-refractivity contribution in [1.29, 1.82) is 0 Å². The lowest BCUT2D eigenvalue weighted by atomic mass is 9.46. The average Bonchev–Trinajstić information content (AvgIpc) is 3.05. The van der Waals surface area contributed by atoms with Gasteiger partial charge in [-0.25, -0.2) is 0 Å². The van der Waals surface area contributed by atoms with Gasteiger partial charge in [-0.2, -0.15) is 0 Å². The fourth-order valence-corrected chi connectivity index (χ4v) is 6.70. The predicted molar refractivity (Wildman–Crippen MR) is 120 cm³/mol. The van der Waals surface area contributed by atoms with E-state index in [1.165, 1.54) is 20.0 Å². The van der Waals surface area contributed by atoms with E-state index in [-0.39, 0.29) is 41.7 Å². The van der Waals surface area contributed by atoms with Crippen LogP contribution in [0.25, 0.3) is 0 Å². The molecule has 0 aromatic carbocycles. The van der Waals surface area contributed by atoms with E-state index in [0.717, 1.165) is 37.7 Å². The van der Waals surface area contributed by atoms with Crippen molar-refractivity contribution in [3.63, 3.8) is 0 Å². The number of esters is 2. The van der Waals surface area contributed by atoms with E-state index < -0.39 is 11.2 Å². The van der Waals surface area contributed by atoms with Crippen LogP contribution in [0.3, 0.4) is 0 Å². The summed E-state index contributed by atoms with van der Waals surface area (Å²) in [7, 11) is 1.43. The quantitative estimate of drug-likeness (QED) is 0.402. The van der Waals surface area contributed by atoms with E-state index >= 15 is 0 Å². The van der Waals surface area contributed by atoms with Gasteiger partial charge >= 0.3 is 11.9 Å². The van der Waals surface area contributed by atoms with E-state index in [1.807, 2.05) is 20.8 Å². The fourth-order valence-electron chi connectivity index (χ4n) is 6.70. The minimum absolute atomic E-state index is 0.0600. The standard InChI is InChI=1S/C26H42O5/c1-8-18(2)22(28)30-17-19-10-11-20-23(3,4)12-9-13-25(20,6)26(19)15-14-24(5,31-26)16-21(27)29-7/h10,18,20H,8-9,11-17H2,1-7H3/t18-,20+,24-,25+,26-/m1/s1. The summed E-state index contributed by atoms with van der Waals surface area (Å²) in [5.74, 6) is -0.00527. The molecule has 0 radical (unpaired) electrons. The molecule has 0 bridgehead atoms. The number of carbonyl (C=O) groups is 2. The molecule has 1 heterocycles. The summed E-state index contributed by atoms with van der Waals surface area (Å²) in [6, 6.07) is 0. The van der Waals surface area contributed by atoms with Crippen LogP contribution in [0.4, 0.5) is 0 Å². The van der Waals surface area contributed by atoms with Crippen LogP contribution < -0.4 is 0 Å². The smallest absolute Gasteiger partial charge is 0.308 e. The lowest BCUT2D eigenvalue weighted by Crippen LogP contribution is -2.60. The maximum atomic E-state index is 12.4. The maximum Gasteiger partial charge on any atom is 0.308 e. The van der Waals surface area contributed by atoms with E-state index in [2.05, 4.69) is 26.8 Å². The van der Waals surface area contributed by atoms with Gasteiger partial charge in [0.2, 0.25) is 0 Å². The molecule has 1 aliphatic heterocycles. The van der Waals surface area contributed by atoms with Crippen LogP contribution in [-0.2, 0) is 23.8 Å². The predicted octanol–water partition coefficient (Wildman–Crippen LogP) is 5.61. The van der Waals surface area contributed by atoms with Crippen molar-refractivity contribution < 1.29 is 23.8 Å². The Kier molecular flexibility index (Phi) is 6.68. The van der Waals surface area contributed by atoms with Crippen molar-refractivity contribution in [2.24, 2.45) is 22.7 Å². The van der Waals surface area contributed by atoms with Gasteiger partial charge < -0.3 is 14.2 Å². The van der Waals surface area contributed by atoms with Gasteiger partial charge in [-0.3, -0.25) is 9.59 Å². The number of rotatable bonds is 6. The highest BCUT2D eigenvalue weighted by Gasteiger charge is 2.65. The first-order chi connectivity index (χ1) is 14.4. The summed E-state index contributed by atoms with van der Waals surface area (Å²) in [5.41, 5.74) is 0.176. The lowest BCUT2D eigenvalue weighted by Gasteiger charge is -2.61. The molecule has 0 amide bonds. The zero-order chi connectivity index (χ0) is 23.1. The molecule has 5 heteroatoms. The molecule has 176 valence electrons. The van der Waals surface area contributed by atoms with Gasteiger partial charge in [0.05, 0.1) is 30.7 Å². The minimum Gasteiger partial charge on any atom is -0.469 e. The molecule has 2 aliphatic carbocycles. The van der Waals surface area contributed by atoms with Crippen LogP contribution in [0, 0.1) is 22.7 Å². The molecular formula is C26H42O5. The molecule has 31 heavy (non-hydrogen) atoms. The third-order valence-corrected chi connectivity index (χ3v) is 8.83. The molecule has 5 atom stereocenters. The summed E-state index contributed by atoms with van der Waals surface area (Å²) < 4.78 is 17.7. The number of hydrogen-bond donors (Lipinski definition) is 0. The summed E-state index contributed by atoms with van der Waals surface area (Å²) in [6.07, 6.45) is 9.39. The second-order valence-electron chi connectivity index (χ2n) is 11.3. The second kappa shape index (κ2) is 8.53. The summed E-state index contributed by atoms with van der Waals surface area (Å²) >= 11 is 0. The second-order valence-corrected chi connectivity index (χ2v) is 11.3. The summed E-state index contributed by atoms with van der Waals surface area (Å²) in [6.45, 7) is 13.4. The fraction of sp³-hybridized carbons (Fsp3) is 0.846. The first kappa shape index (κ1) is 24.3. The van der Waals surface area contributed by atoms with Crippen molar-refractivity contribution in [3.05, 3.63) is 11.6 Å². The van der Waals surface area contributed by atoms with E-state index in [9.17, 15) is 9.59 Å². The average molecular weight is 435 g/mol. The van der Waals surface area contributed by atoms with E-state index in [0.29, 0.717) is 5.92 Å². The number of hydrogen-bond acceptors (Lipinski definition) is 5. The highest BCUT2D eigenvalue weighted by atomic mass is 16.6. The van der Waals surface area contributed by atoms with Gasteiger partial charge in [0, 0.05) is 5.41 Å². The third-order valence-electron chi connectivity index (χ3n) is 8.83. The zero-order valence-electron chi connectivity index (χ0n) is 20.6. The molecular weight excluding hydrogens is 392 g/mol. The van der Waals surface area contributed by atoms with Crippen LogP contribution in [-0.4, -0.2) is 36.9 Å². The van der Waals surface area contributed by atoms with Crippen LogP contribution in [0.2, 0.25) is 0 Å². The number of methoxy groups -OCH3 is 1. The Morgan fingerprint density at radius 1 is 1.16 bits per heavy atom. The van der Waals surface area contributed by atoms with Crippen LogP contribution in [0.1, 0.15) is 92.9 Å². The van der Waals surface area contributed by atoms with Gasteiger partial charge in [0.1, 0.15) is 6.61 Å². The highest BCUT2D eigenvalue weighted by Crippen LogP contribution is 2.66. The van der Waals surface area contributed by atoms with E-state index in [1.54, 1.807) is 0 Å². The van der Waals surface area contributed by atoms with Gasteiger partial charge in [-0.15, -0.1) is 0 Å². The Labute approximate surface area is 188 Å². The van der Waals surface area contributed by atoms with Gasteiger partial charge in [-0.1, -0.05) is 47.1 Å². The largest absolute Gasteiger partial charge is 0.469 e. The molecule has 1 spiro atoms. The number of carbonyl (C=O) groups excluding carboxylic acids is 2. The van der Waals surface area contributed by atoms with Crippen molar-refractivity contribution in [1.82, 2.24) is 0 Å². The first-order valence-electron chi connectivity index (χ1n) is 12.1. The Morgan fingerprint density at radius 2 is 1.87 bits per heavy atom. The number of ether oxygens (including phenoxy) is 3. The monoisotopic (exact) mass is 434 g/mol. The van der Waals surface area contributed by atoms with Crippen LogP contribution in [0.5, 0.6) is 0 Å². The van der Waals surface area contributed by atoms with E-state index in [4.69, 9.17) is 14.2 Å². The minimum atomic E-state index is -0.570. The topological polar surface area (TPSA) is 61.8 Å². The van der Waals surface area contributed by atoms with Crippen LogP contribution >= 0.6 is 0 Å². The van der Waals surface area contributed by atoms with Crippen molar-refractivity contribution in [3.8, 4) is 0 Å².